The first kappa shape index (κ1) is 20.2. The fourth-order valence-electron chi connectivity index (χ4n) is 2.61. The number of para-hydroxylation sites is 1. The smallest absolute Gasteiger partial charge is 0.337 e. The Morgan fingerprint density at radius 2 is 1.93 bits per heavy atom. The Balaban J connectivity index is 2.09. The number of nitrogens with one attached hydrogen (secondary N) is 1. The van der Waals surface area contributed by atoms with Gasteiger partial charge in [-0.05, 0) is 37.3 Å². The van der Waals surface area contributed by atoms with Crippen molar-refractivity contribution in [1.82, 2.24) is 9.78 Å². The molecule has 29 heavy (non-hydrogen) atoms. The van der Waals surface area contributed by atoms with Gasteiger partial charge in [-0.3, -0.25) is 14.9 Å². The molecule has 0 amide bonds. The number of benzene rings is 2. The lowest BCUT2D eigenvalue weighted by molar-refractivity contribution is 0.0697. The third kappa shape index (κ3) is 4.01. The Bertz CT molecular complexity index is 1260. The molecule has 0 fully saturated rings. The average Bonchev–Trinajstić information content (AvgIpc) is 3.00. The van der Waals surface area contributed by atoms with Crippen molar-refractivity contribution in [3.8, 4) is 5.69 Å². The van der Waals surface area contributed by atoms with Crippen LogP contribution in [0.3, 0.4) is 0 Å². The summed E-state index contributed by atoms with van der Waals surface area (Å²) in [7, 11) is -4.26. The number of nitrogens with zero attached hydrogens (tertiary/aromatic N) is 2. The summed E-state index contributed by atoms with van der Waals surface area (Å²) in [5.41, 5.74) is 0.459. The zero-order valence-corrected chi connectivity index (χ0v) is 15.9. The van der Waals surface area contributed by atoms with Crippen LogP contribution in [0.15, 0.2) is 63.2 Å². The molecular weight excluding hydrogens is 400 g/mol. The molecule has 1 heterocycles. The van der Waals surface area contributed by atoms with Crippen LogP contribution in [0.25, 0.3) is 5.69 Å². The molecule has 0 unspecified atom stereocenters. The first-order chi connectivity index (χ1) is 13.7. The van der Waals surface area contributed by atoms with Crippen LogP contribution in [0.1, 0.15) is 21.6 Å². The molecule has 0 aliphatic rings. The van der Waals surface area contributed by atoms with Gasteiger partial charge in [0.15, 0.2) is 0 Å². The first-order valence-electron chi connectivity index (χ1n) is 8.16. The molecule has 2 aromatic carbocycles. The lowest BCUT2D eigenvalue weighted by Gasteiger charge is -2.05. The monoisotopic (exact) mass is 416 g/mol. The maximum atomic E-state index is 12.7. The molecule has 0 saturated heterocycles. The summed E-state index contributed by atoms with van der Waals surface area (Å²) in [5.74, 6) is 3.44. The number of carboxylic acid groups (broad SMARTS) is 1. The Kier molecular flexibility index (Phi) is 5.46. The van der Waals surface area contributed by atoms with Crippen molar-refractivity contribution in [2.24, 2.45) is 10.9 Å². The van der Waals surface area contributed by atoms with Crippen LogP contribution in [0, 0.1) is 6.92 Å². The molecule has 0 aliphatic heterocycles. The number of nitrogens with two attached hydrogens (primary N) is 1. The second-order valence-corrected chi connectivity index (χ2v) is 7.49. The molecule has 4 N–H and O–H groups in total. The largest absolute Gasteiger partial charge is 0.478 e. The number of carbonyl (C=O) groups is 1. The maximum absolute atomic E-state index is 12.7. The van der Waals surface area contributed by atoms with E-state index in [1.54, 1.807) is 31.2 Å². The molecule has 10 nitrogen and oxygen atoms in total. The fraction of sp³-hybridized carbons (Fsp3) is 0.0556. The Morgan fingerprint density at radius 1 is 1.24 bits per heavy atom. The highest BCUT2D eigenvalue weighted by Crippen LogP contribution is 2.24. The lowest BCUT2D eigenvalue weighted by atomic mass is 10.2. The van der Waals surface area contributed by atoms with Crippen molar-refractivity contribution in [2.45, 2.75) is 11.8 Å². The molecule has 0 radical (unpaired) electrons. The van der Waals surface area contributed by atoms with E-state index in [0.717, 1.165) is 18.2 Å². The molecule has 0 saturated carbocycles. The molecule has 0 aliphatic carbocycles. The van der Waals surface area contributed by atoms with E-state index in [0.29, 0.717) is 11.4 Å². The van der Waals surface area contributed by atoms with Gasteiger partial charge in [0.1, 0.15) is 0 Å². The Hall–Kier alpha value is -3.54. The van der Waals surface area contributed by atoms with Gasteiger partial charge in [0.05, 0.1) is 27.4 Å². The summed E-state index contributed by atoms with van der Waals surface area (Å²) in [6.07, 6.45) is 1.18. The van der Waals surface area contributed by atoms with Crippen molar-refractivity contribution < 1.29 is 22.6 Å². The molecule has 0 spiro atoms. The molecule has 1 aromatic heterocycles. The fourth-order valence-corrected chi connectivity index (χ4v) is 3.22. The van der Waals surface area contributed by atoms with E-state index in [2.05, 4.69) is 14.4 Å². The van der Waals surface area contributed by atoms with E-state index in [9.17, 15) is 23.1 Å². The number of aromatic amines is 1. The van der Waals surface area contributed by atoms with E-state index in [1.165, 1.54) is 10.9 Å². The molecule has 0 bridgehead atoms. The molecule has 11 heteroatoms. The number of aromatic nitrogens is 2. The first-order valence-corrected chi connectivity index (χ1v) is 9.57. The number of H-pyrrole nitrogens is 1. The summed E-state index contributed by atoms with van der Waals surface area (Å²) < 4.78 is 28.8. The zero-order valence-electron chi connectivity index (χ0n) is 15.1. The van der Waals surface area contributed by atoms with Crippen LogP contribution >= 0.6 is 0 Å². The quantitative estimate of drug-likeness (QED) is 0.406. The number of carboxylic acids is 1. The van der Waals surface area contributed by atoms with Crippen LogP contribution in [-0.2, 0) is 14.4 Å². The van der Waals surface area contributed by atoms with Gasteiger partial charge in [-0.15, -0.1) is 0 Å². The minimum atomic E-state index is -4.26. The van der Waals surface area contributed by atoms with Crippen molar-refractivity contribution in [2.75, 3.05) is 0 Å². The van der Waals surface area contributed by atoms with Crippen LogP contribution in [0.5, 0.6) is 0 Å². The standard InChI is InChI=1S/C18H16N4O6S/c1-11-15(17(23)22(21-11)12-5-3-2-4-6-12)10-20-16-9-13(29(26,27)28-19)7-8-14(16)18(24)25/h2-10,21H,19H2,1H3,(H,24,25). The van der Waals surface area contributed by atoms with E-state index >= 15 is 0 Å². The number of rotatable bonds is 6. The SMILES string of the molecule is Cc1[nH]n(-c2ccccc2)c(=O)c1C=Nc1cc(S(=O)(=O)ON)ccc1C(=O)O. The Morgan fingerprint density at radius 3 is 2.55 bits per heavy atom. The highest BCUT2D eigenvalue weighted by Gasteiger charge is 2.19. The second-order valence-electron chi connectivity index (χ2n) is 5.92. The van der Waals surface area contributed by atoms with E-state index in [4.69, 9.17) is 5.90 Å². The minimum Gasteiger partial charge on any atom is -0.478 e. The van der Waals surface area contributed by atoms with Crippen LogP contribution in [-0.4, -0.2) is 35.5 Å². The predicted molar refractivity (Wildman–Crippen MR) is 104 cm³/mol. The number of hydrogen-bond donors (Lipinski definition) is 3. The lowest BCUT2D eigenvalue weighted by Crippen LogP contribution is -2.17. The summed E-state index contributed by atoms with van der Waals surface area (Å²) >= 11 is 0. The van der Waals surface area contributed by atoms with Gasteiger partial charge >= 0.3 is 16.1 Å². The van der Waals surface area contributed by atoms with Crippen molar-refractivity contribution in [3.63, 3.8) is 0 Å². The number of aliphatic imine (C=N–C) groups is 1. The number of aryl methyl sites for hydroxylation is 1. The Labute approximate surface area is 165 Å². The minimum absolute atomic E-state index is 0.179. The van der Waals surface area contributed by atoms with Gasteiger partial charge < -0.3 is 5.11 Å². The average molecular weight is 416 g/mol. The van der Waals surface area contributed by atoms with Gasteiger partial charge in [-0.25, -0.2) is 9.48 Å². The van der Waals surface area contributed by atoms with Gasteiger partial charge in [0, 0.05) is 11.9 Å². The van der Waals surface area contributed by atoms with Crippen molar-refractivity contribution in [1.29, 1.82) is 0 Å². The number of hydrogen-bond acceptors (Lipinski definition) is 7. The highest BCUT2D eigenvalue weighted by atomic mass is 32.2. The number of aromatic carboxylic acids is 1. The van der Waals surface area contributed by atoms with E-state index < -0.39 is 21.6 Å². The predicted octanol–water partition coefficient (Wildman–Crippen LogP) is 1.50. The van der Waals surface area contributed by atoms with Gasteiger partial charge in [0.2, 0.25) is 0 Å². The highest BCUT2D eigenvalue weighted by molar-refractivity contribution is 7.86. The van der Waals surface area contributed by atoms with Crippen molar-refractivity contribution in [3.05, 3.63) is 75.7 Å². The van der Waals surface area contributed by atoms with Crippen LogP contribution in [0.2, 0.25) is 0 Å². The molecular formula is C18H16N4O6S. The van der Waals surface area contributed by atoms with E-state index in [-0.39, 0.29) is 21.7 Å². The summed E-state index contributed by atoms with van der Waals surface area (Å²) in [6, 6.07) is 11.9. The third-order valence-corrected chi connectivity index (χ3v) is 5.16. The molecule has 150 valence electrons. The summed E-state index contributed by atoms with van der Waals surface area (Å²) in [5, 5.41) is 12.2. The normalized spacial score (nSPS) is 11.8. The van der Waals surface area contributed by atoms with Crippen LogP contribution in [0.4, 0.5) is 5.69 Å². The maximum Gasteiger partial charge on any atom is 0.337 e. The van der Waals surface area contributed by atoms with Gasteiger partial charge in [0.25, 0.3) is 5.56 Å². The van der Waals surface area contributed by atoms with Crippen molar-refractivity contribution >= 4 is 28.0 Å². The molecule has 0 atom stereocenters. The van der Waals surface area contributed by atoms with Gasteiger partial charge in [-0.2, -0.15) is 18.6 Å². The topological polar surface area (TPSA) is 157 Å². The molecule has 3 aromatic rings. The summed E-state index contributed by atoms with van der Waals surface area (Å²) in [6.45, 7) is 1.66. The summed E-state index contributed by atoms with van der Waals surface area (Å²) in [4.78, 5) is 27.8. The zero-order chi connectivity index (χ0) is 21.2. The molecule has 3 rings (SSSR count). The van der Waals surface area contributed by atoms with Gasteiger partial charge in [-0.1, -0.05) is 18.2 Å². The van der Waals surface area contributed by atoms with E-state index in [1.807, 2.05) is 6.07 Å². The third-order valence-electron chi connectivity index (χ3n) is 4.08. The van der Waals surface area contributed by atoms with Crippen LogP contribution < -0.4 is 11.5 Å². The second kappa shape index (κ2) is 7.83.